The van der Waals surface area contributed by atoms with E-state index in [1.807, 2.05) is 13.0 Å². The van der Waals surface area contributed by atoms with E-state index in [0.29, 0.717) is 10.1 Å². The van der Waals surface area contributed by atoms with Gasteiger partial charge in [0.1, 0.15) is 21.8 Å². The van der Waals surface area contributed by atoms with Crippen LogP contribution in [0.4, 0.5) is 4.79 Å². The van der Waals surface area contributed by atoms with Gasteiger partial charge in [-0.2, -0.15) is 5.26 Å². The van der Waals surface area contributed by atoms with Gasteiger partial charge in [-0.3, -0.25) is 9.59 Å². The van der Waals surface area contributed by atoms with E-state index >= 15 is 0 Å². The predicted molar refractivity (Wildman–Crippen MR) is 104 cm³/mol. The van der Waals surface area contributed by atoms with Gasteiger partial charge in [-0.05, 0) is 6.92 Å². The molecular formula is C15H18N6O4S3. The Balaban J connectivity index is 1.58. The molecule has 2 aliphatic rings. The summed E-state index contributed by atoms with van der Waals surface area (Å²) in [5, 5.41) is 31.9. The SMILES string of the molecule is Cc1nnc(SCC2(C(=O)O)CS[C@@H]3C(NC(=O)NCCC#N)C(=O)N3C2)s1. The second-order valence-electron chi connectivity index (χ2n) is 6.41. The molecule has 2 aliphatic heterocycles. The minimum atomic E-state index is -1.08. The van der Waals surface area contributed by atoms with Crippen molar-refractivity contribution < 1.29 is 19.5 Å². The molecule has 0 bridgehead atoms. The first kappa shape index (κ1) is 20.7. The Kier molecular flexibility index (Phi) is 6.31. The van der Waals surface area contributed by atoms with Crippen molar-refractivity contribution in [3.63, 3.8) is 0 Å². The van der Waals surface area contributed by atoms with Crippen molar-refractivity contribution in [1.82, 2.24) is 25.7 Å². The van der Waals surface area contributed by atoms with Crippen LogP contribution < -0.4 is 10.6 Å². The molecule has 0 aliphatic carbocycles. The Hall–Kier alpha value is -2.04. The molecule has 3 N–H and O–H groups in total. The summed E-state index contributed by atoms with van der Waals surface area (Å²) >= 11 is 4.09. The number of aromatic nitrogens is 2. The van der Waals surface area contributed by atoms with Gasteiger partial charge in [0.05, 0.1) is 12.5 Å². The Bertz CT molecular complexity index is 827. The molecule has 13 heteroatoms. The lowest BCUT2D eigenvalue weighted by Crippen LogP contribution is -2.74. The molecule has 2 fully saturated rings. The molecule has 1 aromatic heterocycles. The number of rotatable bonds is 7. The molecule has 0 saturated carbocycles. The fourth-order valence-electron chi connectivity index (χ4n) is 2.87. The molecule has 1 aromatic rings. The van der Waals surface area contributed by atoms with Crippen molar-refractivity contribution in [3.05, 3.63) is 5.01 Å². The average Bonchev–Trinajstić information content (AvgIpc) is 3.09. The number of hydrogen-bond donors (Lipinski definition) is 3. The minimum absolute atomic E-state index is 0.0951. The summed E-state index contributed by atoms with van der Waals surface area (Å²) in [6, 6.07) is 0.725. The number of fused-ring (bicyclic) bond motifs is 1. The Morgan fingerprint density at radius 2 is 2.29 bits per heavy atom. The molecule has 150 valence electrons. The maximum atomic E-state index is 12.4. The molecule has 0 radical (unpaired) electrons. The number of carboxylic acids is 1. The fraction of sp³-hybridized carbons (Fsp3) is 0.600. The Morgan fingerprint density at radius 1 is 1.50 bits per heavy atom. The van der Waals surface area contributed by atoms with Gasteiger partial charge in [0.15, 0.2) is 4.34 Å². The van der Waals surface area contributed by atoms with E-state index in [1.54, 1.807) is 0 Å². The number of carbonyl (C=O) groups excluding carboxylic acids is 2. The monoisotopic (exact) mass is 442 g/mol. The molecule has 3 atom stereocenters. The van der Waals surface area contributed by atoms with Crippen LogP contribution in [0.1, 0.15) is 11.4 Å². The van der Waals surface area contributed by atoms with Gasteiger partial charge in [0.25, 0.3) is 0 Å². The highest BCUT2D eigenvalue weighted by Gasteiger charge is 2.57. The van der Waals surface area contributed by atoms with E-state index in [2.05, 4.69) is 20.8 Å². The zero-order valence-electron chi connectivity index (χ0n) is 14.9. The van der Waals surface area contributed by atoms with Crippen molar-refractivity contribution in [3.8, 4) is 6.07 Å². The summed E-state index contributed by atoms with van der Waals surface area (Å²) in [7, 11) is 0. The van der Waals surface area contributed by atoms with Gasteiger partial charge >= 0.3 is 12.0 Å². The number of nitrogens with zero attached hydrogens (tertiary/aromatic N) is 4. The van der Waals surface area contributed by atoms with E-state index in [1.165, 1.54) is 39.8 Å². The van der Waals surface area contributed by atoms with Gasteiger partial charge in [-0.15, -0.1) is 22.0 Å². The maximum Gasteiger partial charge on any atom is 0.315 e. The summed E-state index contributed by atoms with van der Waals surface area (Å²) in [6.07, 6.45) is 0.184. The highest BCUT2D eigenvalue weighted by molar-refractivity contribution is 8.01. The van der Waals surface area contributed by atoms with Crippen molar-refractivity contribution in [2.24, 2.45) is 5.41 Å². The predicted octanol–water partition coefficient (Wildman–Crippen LogP) is 0.506. The van der Waals surface area contributed by atoms with Crippen molar-refractivity contribution in [2.45, 2.75) is 29.1 Å². The Labute approximate surface area is 173 Å². The molecular weight excluding hydrogens is 424 g/mol. The van der Waals surface area contributed by atoms with Crippen LogP contribution in [0.25, 0.3) is 0 Å². The zero-order chi connectivity index (χ0) is 20.3. The number of nitrogens with one attached hydrogen (secondary N) is 2. The van der Waals surface area contributed by atoms with E-state index in [4.69, 9.17) is 5.26 Å². The number of aryl methyl sites for hydroxylation is 1. The van der Waals surface area contributed by atoms with Crippen LogP contribution >= 0.6 is 34.9 Å². The third-order valence-corrected chi connectivity index (χ3v) is 8.24. The lowest BCUT2D eigenvalue weighted by Gasteiger charge is -2.53. The quantitative estimate of drug-likeness (QED) is 0.312. The summed E-state index contributed by atoms with van der Waals surface area (Å²) < 4.78 is 0.703. The van der Waals surface area contributed by atoms with E-state index in [9.17, 15) is 19.5 Å². The van der Waals surface area contributed by atoms with Gasteiger partial charge < -0.3 is 20.6 Å². The number of β-lactam (4-membered cyclic amide) rings is 1. The summed E-state index contributed by atoms with van der Waals surface area (Å²) in [4.78, 5) is 37.8. The number of thioether (sulfide) groups is 2. The highest BCUT2D eigenvalue weighted by atomic mass is 32.2. The van der Waals surface area contributed by atoms with Gasteiger partial charge in [0, 0.05) is 24.6 Å². The van der Waals surface area contributed by atoms with Crippen LogP contribution in [0.5, 0.6) is 0 Å². The van der Waals surface area contributed by atoms with Crippen molar-refractivity contribution in [1.29, 1.82) is 5.26 Å². The molecule has 3 rings (SSSR count). The number of nitriles is 1. The van der Waals surface area contributed by atoms with Gasteiger partial charge in [-0.25, -0.2) is 4.79 Å². The second kappa shape index (κ2) is 8.54. The minimum Gasteiger partial charge on any atom is -0.481 e. The molecule has 0 spiro atoms. The first-order chi connectivity index (χ1) is 13.4. The van der Waals surface area contributed by atoms with Gasteiger partial charge in [-0.1, -0.05) is 23.1 Å². The Morgan fingerprint density at radius 3 is 2.93 bits per heavy atom. The molecule has 10 nitrogen and oxygen atoms in total. The molecule has 28 heavy (non-hydrogen) atoms. The molecule has 0 aromatic carbocycles. The highest BCUT2D eigenvalue weighted by Crippen LogP contribution is 2.44. The van der Waals surface area contributed by atoms with Crippen molar-refractivity contribution >= 4 is 52.8 Å². The maximum absolute atomic E-state index is 12.4. The van der Waals surface area contributed by atoms with Crippen LogP contribution in [-0.2, 0) is 9.59 Å². The smallest absolute Gasteiger partial charge is 0.315 e. The standard InChI is InChI=1S/C15H18N6O4S3/c1-8-19-20-14(28-8)27-7-15(12(23)24)5-21-10(22)9(11(21)26-6-15)18-13(25)17-4-2-3-16/h9,11H,2,4-7H2,1H3,(H,23,24)(H2,17,18,25)/t9?,11-,15?/m1/s1. The number of hydrogen-bond acceptors (Lipinski definition) is 9. The third-order valence-electron chi connectivity index (χ3n) is 4.39. The zero-order valence-corrected chi connectivity index (χ0v) is 17.3. The molecule has 2 unspecified atom stereocenters. The molecule has 2 saturated heterocycles. The summed E-state index contributed by atoms with van der Waals surface area (Å²) in [5.74, 6) is -0.635. The van der Waals surface area contributed by atoms with Crippen molar-refractivity contribution in [2.75, 3.05) is 24.6 Å². The lowest BCUT2D eigenvalue weighted by atomic mass is 9.89. The number of amides is 3. The number of aliphatic carboxylic acids is 1. The third kappa shape index (κ3) is 4.18. The number of urea groups is 1. The van der Waals surface area contributed by atoms with Gasteiger partial charge in [0.2, 0.25) is 5.91 Å². The molecule has 3 amide bonds. The topological polar surface area (TPSA) is 148 Å². The first-order valence-electron chi connectivity index (χ1n) is 8.36. The van der Waals surface area contributed by atoms with Crippen LogP contribution in [-0.4, -0.2) is 74.1 Å². The van der Waals surface area contributed by atoms with Crippen LogP contribution in [0.3, 0.4) is 0 Å². The number of carboxylic acid groups (broad SMARTS) is 1. The van der Waals surface area contributed by atoms with Crippen LogP contribution in [0.15, 0.2) is 4.34 Å². The molecule has 3 heterocycles. The van der Waals surface area contributed by atoms with E-state index in [-0.39, 0.29) is 36.5 Å². The van der Waals surface area contributed by atoms with E-state index < -0.39 is 23.5 Å². The first-order valence-corrected chi connectivity index (χ1v) is 11.2. The largest absolute Gasteiger partial charge is 0.481 e. The fourth-order valence-corrected chi connectivity index (χ4v) is 6.54. The summed E-state index contributed by atoms with van der Waals surface area (Å²) in [6.45, 7) is 2.13. The second-order valence-corrected chi connectivity index (χ2v) is 9.92. The van der Waals surface area contributed by atoms with Crippen LogP contribution in [0, 0.1) is 23.7 Å². The normalized spacial score (nSPS) is 26.0. The lowest BCUT2D eigenvalue weighted by molar-refractivity contribution is -0.156. The van der Waals surface area contributed by atoms with E-state index in [0.717, 1.165) is 5.01 Å². The average molecular weight is 443 g/mol. The summed E-state index contributed by atoms with van der Waals surface area (Å²) in [5.41, 5.74) is -1.08. The van der Waals surface area contributed by atoms with Crippen LogP contribution in [0.2, 0.25) is 0 Å². The number of carbonyl (C=O) groups is 3.